The Bertz CT molecular complexity index is 817. The number of carbonyl (C=O) groups excluding carboxylic acids is 2. The van der Waals surface area contributed by atoms with Gasteiger partial charge in [0.25, 0.3) is 0 Å². The number of cyclic esters (lactones) is 1. The average Bonchev–Trinajstić information content (AvgIpc) is 3.39. The minimum atomic E-state index is -3.53. The van der Waals surface area contributed by atoms with Gasteiger partial charge in [-0.3, -0.25) is 4.79 Å². The lowest BCUT2D eigenvalue weighted by Gasteiger charge is -2.22. The van der Waals surface area contributed by atoms with Gasteiger partial charge in [0.1, 0.15) is 6.61 Å². The second-order valence-corrected chi connectivity index (χ2v) is 7.32. The van der Waals surface area contributed by atoms with Gasteiger partial charge in [-0.2, -0.15) is 14.0 Å². The number of ketones is 1. The normalized spacial score (nSPS) is 16.7. The molecule has 1 aliphatic heterocycles. The van der Waals surface area contributed by atoms with E-state index >= 15 is 0 Å². The summed E-state index contributed by atoms with van der Waals surface area (Å²) in [7, 11) is 0. The SMILES string of the molecule is O=C1OCC(CCC(=O)C(F)(F)c2ccccc2)N1CCCCCCc1nn[nH]n1. The van der Waals surface area contributed by atoms with Crippen LogP contribution in [0.2, 0.25) is 0 Å². The molecule has 0 saturated carbocycles. The van der Waals surface area contributed by atoms with Gasteiger partial charge in [0.2, 0.25) is 5.78 Å². The van der Waals surface area contributed by atoms with E-state index in [0.29, 0.717) is 12.4 Å². The van der Waals surface area contributed by atoms with Crippen LogP contribution in [0.3, 0.4) is 0 Å². The number of tetrazole rings is 1. The fraction of sp³-hybridized carbons (Fsp3) is 0.550. The first-order valence-electron chi connectivity index (χ1n) is 10.1. The fourth-order valence-electron chi connectivity index (χ4n) is 3.47. The van der Waals surface area contributed by atoms with Gasteiger partial charge < -0.3 is 9.64 Å². The molecule has 1 amide bonds. The molecule has 1 N–H and O–H groups in total. The Morgan fingerprint density at radius 1 is 1.20 bits per heavy atom. The third-order valence-corrected chi connectivity index (χ3v) is 5.20. The molecule has 162 valence electrons. The number of hydrogen-bond donors (Lipinski definition) is 1. The number of Topliss-reactive ketones (excluding diaryl/α,β-unsaturated/α-hetero) is 1. The van der Waals surface area contributed by atoms with E-state index in [4.69, 9.17) is 4.74 Å². The molecule has 1 saturated heterocycles. The number of hydrogen-bond acceptors (Lipinski definition) is 6. The molecule has 1 aliphatic rings. The first-order valence-corrected chi connectivity index (χ1v) is 10.1. The number of aryl methyl sites for hydroxylation is 1. The van der Waals surface area contributed by atoms with Crippen LogP contribution in [0.25, 0.3) is 0 Å². The number of amides is 1. The number of alkyl halides is 2. The van der Waals surface area contributed by atoms with Crippen LogP contribution >= 0.6 is 0 Å². The van der Waals surface area contributed by atoms with Crippen molar-refractivity contribution in [1.29, 1.82) is 0 Å². The summed E-state index contributed by atoms with van der Waals surface area (Å²) in [5, 5.41) is 13.7. The van der Waals surface area contributed by atoms with E-state index in [9.17, 15) is 18.4 Å². The summed E-state index contributed by atoms with van der Waals surface area (Å²) >= 11 is 0. The molecule has 0 spiro atoms. The lowest BCUT2D eigenvalue weighted by molar-refractivity contribution is -0.144. The van der Waals surface area contributed by atoms with Crippen LogP contribution in [-0.4, -0.2) is 56.6 Å². The van der Waals surface area contributed by atoms with Gasteiger partial charge >= 0.3 is 12.0 Å². The van der Waals surface area contributed by atoms with Gasteiger partial charge in [-0.15, -0.1) is 10.2 Å². The third-order valence-electron chi connectivity index (χ3n) is 5.20. The second-order valence-electron chi connectivity index (χ2n) is 7.32. The van der Waals surface area contributed by atoms with Crippen molar-refractivity contribution < 1.29 is 23.1 Å². The summed E-state index contributed by atoms with van der Waals surface area (Å²) in [6.07, 6.45) is 3.66. The van der Waals surface area contributed by atoms with Crippen LogP contribution in [0, 0.1) is 0 Å². The minimum Gasteiger partial charge on any atom is -0.447 e. The number of nitrogens with one attached hydrogen (secondary N) is 1. The Morgan fingerprint density at radius 3 is 2.70 bits per heavy atom. The molecule has 0 bridgehead atoms. The molecule has 1 aromatic heterocycles. The van der Waals surface area contributed by atoms with Crippen LogP contribution in [-0.2, 0) is 21.9 Å². The molecule has 30 heavy (non-hydrogen) atoms. The number of rotatable bonds is 12. The van der Waals surface area contributed by atoms with Crippen molar-refractivity contribution in [1.82, 2.24) is 25.5 Å². The van der Waals surface area contributed by atoms with E-state index in [1.54, 1.807) is 11.0 Å². The summed E-state index contributed by atoms with van der Waals surface area (Å²) in [5.74, 6) is -4.00. The molecule has 2 aromatic rings. The highest BCUT2D eigenvalue weighted by molar-refractivity contribution is 5.86. The van der Waals surface area contributed by atoms with E-state index in [1.807, 2.05) is 0 Å². The Morgan fingerprint density at radius 2 is 1.97 bits per heavy atom. The van der Waals surface area contributed by atoms with E-state index in [2.05, 4.69) is 20.6 Å². The van der Waals surface area contributed by atoms with Gasteiger partial charge in [0.05, 0.1) is 6.04 Å². The van der Waals surface area contributed by atoms with Gasteiger partial charge in [-0.05, 0) is 19.3 Å². The molecular formula is C20H25F2N5O3. The van der Waals surface area contributed by atoms with Crippen molar-refractivity contribution in [3.63, 3.8) is 0 Å². The summed E-state index contributed by atoms with van der Waals surface area (Å²) in [6, 6.07) is 6.70. The zero-order chi connectivity index (χ0) is 21.4. The number of ether oxygens (including phenoxy) is 1. The second kappa shape index (κ2) is 10.2. The van der Waals surface area contributed by atoms with Crippen molar-refractivity contribution in [2.75, 3.05) is 13.2 Å². The highest BCUT2D eigenvalue weighted by Gasteiger charge is 2.41. The number of aromatic nitrogens is 4. The maximum atomic E-state index is 14.3. The monoisotopic (exact) mass is 421 g/mol. The van der Waals surface area contributed by atoms with Crippen LogP contribution in [0.15, 0.2) is 30.3 Å². The largest absolute Gasteiger partial charge is 0.447 e. The molecular weight excluding hydrogens is 396 g/mol. The van der Waals surface area contributed by atoms with Crippen molar-refractivity contribution in [2.24, 2.45) is 0 Å². The van der Waals surface area contributed by atoms with Gasteiger partial charge in [0, 0.05) is 24.9 Å². The van der Waals surface area contributed by atoms with Crippen LogP contribution in [0.5, 0.6) is 0 Å². The van der Waals surface area contributed by atoms with E-state index < -0.39 is 17.8 Å². The van der Waals surface area contributed by atoms with Crippen molar-refractivity contribution in [2.45, 2.75) is 56.9 Å². The number of unbranched alkanes of at least 4 members (excludes halogenated alkanes) is 3. The van der Waals surface area contributed by atoms with Gasteiger partial charge in [-0.1, -0.05) is 48.4 Å². The highest BCUT2D eigenvalue weighted by Crippen LogP contribution is 2.31. The lowest BCUT2D eigenvalue weighted by atomic mass is 9.99. The number of carbonyl (C=O) groups is 2. The molecule has 8 nitrogen and oxygen atoms in total. The summed E-state index contributed by atoms with van der Waals surface area (Å²) in [4.78, 5) is 25.6. The zero-order valence-electron chi connectivity index (χ0n) is 16.6. The maximum absolute atomic E-state index is 14.3. The number of halogens is 2. The minimum absolute atomic E-state index is 0.126. The Labute approximate surface area is 173 Å². The first kappa shape index (κ1) is 21.8. The summed E-state index contributed by atoms with van der Waals surface area (Å²) in [5.41, 5.74) is -0.313. The van der Waals surface area contributed by atoms with Crippen LogP contribution in [0.1, 0.15) is 49.9 Å². The predicted molar refractivity (Wildman–Crippen MR) is 103 cm³/mol. The lowest BCUT2D eigenvalue weighted by Crippen LogP contribution is -2.36. The van der Waals surface area contributed by atoms with E-state index in [0.717, 1.165) is 32.1 Å². The summed E-state index contributed by atoms with van der Waals surface area (Å²) < 4.78 is 33.8. The first-order chi connectivity index (χ1) is 14.5. The van der Waals surface area contributed by atoms with Crippen LogP contribution in [0.4, 0.5) is 13.6 Å². The standard InChI is InChI=1S/C20H25F2N5O3/c21-20(22,15-8-4-3-5-9-15)17(28)12-11-16-14-30-19(29)27(16)13-7-2-1-6-10-18-23-25-26-24-18/h3-5,8-9,16H,1-2,6-7,10-14H2,(H,23,24,25,26). The highest BCUT2D eigenvalue weighted by atomic mass is 19.3. The quantitative estimate of drug-likeness (QED) is 0.528. The number of benzene rings is 1. The zero-order valence-corrected chi connectivity index (χ0v) is 16.6. The molecule has 0 aliphatic carbocycles. The topological polar surface area (TPSA) is 101 Å². The molecule has 1 atom stereocenters. The number of nitrogens with zero attached hydrogens (tertiary/aromatic N) is 4. The van der Waals surface area contributed by atoms with Gasteiger partial charge in [-0.25, -0.2) is 4.79 Å². The van der Waals surface area contributed by atoms with Crippen molar-refractivity contribution in [3.8, 4) is 0 Å². The molecule has 2 heterocycles. The Hall–Kier alpha value is -2.91. The molecule has 3 rings (SSSR count). The van der Waals surface area contributed by atoms with Crippen molar-refractivity contribution in [3.05, 3.63) is 41.7 Å². The Kier molecular flexibility index (Phi) is 7.42. The molecule has 1 aromatic carbocycles. The van der Waals surface area contributed by atoms with E-state index in [1.165, 1.54) is 24.3 Å². The molecule has 0 radical (unpaired) electrons. The number of H-pyrrole nitrogens is 1. The Balaban J connectivity index is 1.40. The average molecular weight is 421 g/mol. The van der Waals surface area contributed by atoms with Gasteiger partial charge in [0.15, 0.2) is 5.82 Å². The smallest absolute Gasteiger partial charge is 0.410 e. The van der Waals surface area contributed by atoms with Crippen LogP contribution < -0.4 is 0 Å². The summed E-state index contributed by atoms with van der Waals surface area (Å²) in [6.45, 7) is 0.607. The predicted octanol–water partition coefficient (Wildman–Crippen LogP) is 3.26. The van der Waals surface area contributed by atoms with Crippen molar-refractivity contribution >= 4 is 11.9 Å². The third kappa shape index (κ3) is 5.58. The molecule has 1 fully saturated rings. The molecule has 1 unspecified atom stereocenters. The van der Waals surface area contributed by atoms with E-state index in [-0.39, 0.29) is 31.1 Å². The fourth-order valence-corrected chi connectivity index (χ4v) is 3.47. The maximum Gasteiger partial charge on any atom is 0.410 e. The number of aromatic amines is 1. The molecule has 10 heteroatoms.